The van der Waals surface area contributed by atoms with Gasteiger partial charge in [-0.1, -0.05) is 23.9 Å². The van der Waals surface area contributed by atoms with Crippen molar-refractivity contribution in [1.29, 1.82) is 0 Å². The molecule has 17 heavy (non-hydrogen) atoms. The number of nitrogens with zero attached hydrogens (tertiary/aromatic N) is 1. The lowest BCUT2D eigenvalue weighted by atomic mass is 9.97. The normalized spacial score (nSPS) is 39.4. The van der Waals surface area contributed by atoms with Crippen LogP contribution in [-0.4, -0.2) is 28.9 Å². The molecule has 0 amide bonds. The van der Waals surface area contributed by atoms with Crippen molar-refractivity contribution >= 4 is 17.4 Å². The average molecular weight is 246 g/mol. The van der Waals surface area contributed by atoms with Gasteiger partial charge in [-0.2, -0.15) is 0 Å². The topological polar surface area (TPSA) is 15.3 Å². The lowest BCUT2D eigenvalue weighted by Gasteiger charge is -2.42. The smallest absolute Gasteiger partial charge is 0.0910 e. The molecule has 1 aromatic rings. The highest BCUT2D eigenvalue weighted by Crippen LogP contribution is 2.54. The fourth-order valence-electron chi connectivity index (χ4n) is 3.75. The number of benzene rings is 1. The Morgan fingerprint density at radius 1 is 1.24 bits per heavy atom. The summed E-state index contributed by atoms with van der Waals surface area (Å²) in [7, 11) is 2.31. The van der Waals surface area contributed by atoms with Crippen molar-refractivity contribution in [2.45, 2.75) is 47.5 Å². The molecule has 3 aliphatic heterocycles. The van der Waals surface area contributed by atoms with Gasteiger partial charge in [0.1, 0.15) is 0 Å². The van der Waals surface area contributed by atoms with E-state index < -0.39 is 0 Å². The molecule has 0 saturated carbocycles. The predicted molar refractivity (Wildman–Crippen MR) is 72.5 cm³/mol. The van der Waals surface area contributed by atoms with Crippen LogP contribution in [0.15, 0.2) is 29.2 Å². The quantitative estimate of drug-likeness (QED) is 0.757. The average Bonchev–Trinajstić information content (AvgIpc) is 2.75. The standard InChI is InChI=1S/C14H18N2S/c1-16-10-6-7-11(16)9-14(8-10)15-12-4-2-3-5-13(12)17-14/h2-5,10-11,15H,6-9H2,1H3. The third-order valence-corrected chi connectivity index (χ3v) is 6.07. The van der Waals surface area contributed by atoms with E-state index in [2.05, 4.69) is 53.3 Å². The minimum atomic E-state index is 0.294. The van der Waals surface area contributed by atoms with Crippen molar-refractivity contribution in [3.8, 4) is 0 Å². The molecule has 0 aliphatic carbocycles. The number of anilines is 1. The Balaban J connectivity index is 1.66. The Bertz CT molecular complexity index is 418. The first-order valence-electron chi connectivity index (χ1n) is 6.54. The van der Waals surface area contributed by atoms with E-state index in [1.54, 1.807) is 0 Å². The fraction of sp³-hybridized carbons (Fsp3) is 0.571. The van der Waals surface area contributed by atoms with Crippen LogP contribution >= 0.6 is 11.8 Å². The van der Waals surface area contributed by atoms with E-state index in [1.807, 2.05) is 0 Å². The van der Waals surface area contributed by atoms with Gasteiger partial charge in [0.2, 0.25) is 0 Å². The first kappa shape index (κ1) is 10.3. The van der Waals surface area contributed by atoms with Gasteiger partial charge in [0.15, 0.2) is 0 Å². The van der Waals surface area contributed by atoms with Crippen LogP contribution < -0.4 is 5.32 Å². The second kappa shape index (κ2) is 3.42. The van der Waals surface area contributed by atoms with Gasteiger partial charge in [-0.15, -0.1) is 0 Å². The van der Waals surface area contributed by atoms with Gasteiger partial charge in [-0.05, 0) is 44.9 Å². The highest BCUT2D eigenvalue weighted by Gasteiger charge is 2.49. The molecule has 2 saturated heterocycles. The molecular formula is C14H18N2S. The molecule has 1 N–H and O–H groups in total. The van der Waals surface area contributed by atoms with E-state index in [0.717, 1.165) is 12.1 Å². The van der Waals surface area contributed by atoms with Crippen molar-refractivity contribution in [2.75, 3.05) is 12.4 Å². The third kappa shape index (κ3) is 1.45. The summed E-state index contributed by atoms with van der Waals surface area (Å²) in [5.41, 5.74) is 1.35. The lowest BCUT2D eigenvalue weighted by Crippen LogP contribution is -2.50. The van der Waals surface area contributed by atoms with Gasteiger partial charge in [0.05, 0.1) is 4.87 Å². The Hall–Kier alpha value is -0.670. The maximum atomic E-state index is 3.81. The molecule has 0 aromatic heterocycles. The molecule has 3 heterocycles. The van der Waals surface area contributed by atoms with Gasteiger partial charge in [0, 0.05) is 22.7 Å². The van der Waals surface area contributed by atoms with Crippen molar-refractivity contribution < 1.29 is 0 Å². The van der Waals surface area contributed by atoms with E-state index >= 15 is 0 Å². The number of nitrogens with one attached hydrogen (secondary N) is 1. The summed E-state index contributed by atoms with van der Waals surface area (Å²) in [5.74, 6) is 0. The maximum Gasteiger partial charge on any atom is 0.0910 e. The second-order valence-corrected chi connectivity index (χ2v) is 7.10. The van der Waals surface area contributed by atoms with Crippen molar-refractivity contribution in [3.05, 3.63) is 24.3 Å². The first-order valence-corrected chi connectivity index (χ1v) is 7.36. The summed E-state index contributed by atoms with van der Waals surface area (Å²) in [6.07, 6.45) is 5.36. The zero-order chi connectivity index (χ0) is 11.5. The highest BCUT2D eigenvalue weighted by atomic mass is 32.2. The maximum absolute atomic E-state index is 3.81. The monoisotopic (exact) mass is 246 g/mol. The van der Waals surface area contributed by atoms with Crippen LogP contribution in [0.4, 0.5) is 5.69 Å². The van der Waals surface area contributed by atoms with Crippen molar-refractivity contribution in [2.24, 2.45) is 0 Å². The lowest BCUT2D eigenvalue weighted by molar-refractivity contribution is 0.159. The zero-order valence-corrected chi connectivity index (χ0v) is 11.0. The van der Waals surface area contributed by atoms with E-state index in [4.69, 9.17) is 0 Å². The number of piperidine rings is 1. The molecule has 2 nitrogen and oxygen atoms in total. The molecule has 0 radical (unpaired) electrons. The molecule has 3 aliphatic rings. The number of rotatable bonds is 0. The van der Waals surface area contributed by atoms with Crippen LogP contribution in [0, 0.1) is 0 Å². The van der Waals surface area contributed by atoms with Gasteiger partial charge in [-0.3, -0.25) is 0 Å². The summed E-state index contributed by atoms with van der Waals surface area (Å²) in [6.45, 7) is 0. The van der Waals surface area contributed by atoms with E-state index in [0.29, 0.717) is 4.87 Å². The van der Waals surface area contributed by atoms with Crippen LogP contribution in [0.2, 0.25) is 0 Å². The van der Waals surface area contributed by atoms with E-state index in [1.165, 1.54) is 36.3 Å². The molecule has 2 bridgehead atoms. The minimum Gasteiger partial charge on any atom is -0.369 e. The van der Waals surface area contributed by atoms with Crippen LogP contribution in [0.5, 0.6) is 0 Å². The molecule has 2 unspecified atom stereocenters. The Morgan fingerprint density at radius 3 is 2.65 bits per heavy atom. The third-order valence-electron chi connectivity index (χ3n) is 4.67. The number of hydrogen-bond acceptors (Lipinski definition) is 3. The molecule has 2 fully saturated rings. The second-order valence-electron chi connectivity index (χ2n) is 5.68. The Morgan fingerprint density at radius 2 is 1.94 bits per heavy atom. The summed E-state index contributed by atoms with van der Waals surface area (Å²) < 4.78 is 0. The van der Waals surface area contributed by atoms with Gasteiger partial charge in [-0.25, -0.2) is 0 Å². The predicted octanol–water partition coefficient (Wildman–Crippen LogP) is 3.16. The molecule has 2 atom stereocenters. The Labute approximate surface area is 107 Å². The molecular weight excluding hydrogens is 228 g/mol. The number of thioether (sulfide) groups is 1. The minimum absolute atomic E-state index is 0.294. The molecule has 90 valence electrons. The SMILES string of the molecule is CN1C2CCC1CC1(C2)Nc2ccccc2S1. The first-order chi connectivity index (χ1) is 8.26. The summed E-state index contributed by atoms with van der Waals surface area (Å²) in [5, 5.41) is 3.81. The molecule has 3 heteroatoms. The molecule has 1 spiro atoms. The van der Waals surface area contributed by atoms with Gasteiger partial charge in [0.25, 0.3) is 0 Å². The van der Waals surface area contributed by atoms with Crippen LogP contribution in [0.1, 0.15) is 25.7 Å². The highest BCUT2D eigenvalue weighted by molar-refractivity contribution is 8.01. The van der Waals surface area contributed by atoms with Crippen LogP contribution in [0.25, 0.3) is 0 Å². The summed E-state index contributed by atoms with van der Waals surface area (Å²) in [6, 6.07) is 10.3. The fourth-order valence-corrected chi connectivity index (χ4v) is 5.26. The Kier molecular flexibility index (Phi) is 2.07. The molecule has 1 aromatic carbocycles. The van der Waals surface area contributed by atoms with Crippen LogP contribution in [-0.2, 0) is 0 Å². The zero-order valence-electron chi connectivity index (χ0n) is 10.1. The van der Waals surface area contributed by atoms with Crippen molar-refractivity contribution in [1.82, 2.24) is 4.90 Å². The summed E-state index contributed by atoms with van der Waals surface area (Å²) >= 11 is 2.07. The largest absolute Gasteiger partial charge is 0.369 e. The number of hydrogen-bond donors (Lipinski definition) is 1. The number of fused-ring (bicyclic) bond motifs is 3. The molecule has 4 rings (SSSR count). The van der Waals surface area contributed by atoms with Gasteiger partial charge >= 0.3 is 0 Å². The summed E-state index contributed by atoms with van der Waals surface area (Å²) in [4.78, 5) is 4.34. The van der Waals surface area contributed by atoms with Crippen molar-refractivity contribution in [3.63, 3.8) is 0 Å². The van der Waals surface area contributed by atoms with E-state index in [-0.39, 0.29) is 0 Å². The van der Waals surface area contributed by atoms with Crippen LogP contribution in [0.3, 0.4) is 0 Å². The van der Waals surface area contributed by atoms with E-state index in [9.17, 15) is 0 Å². The van der Waals surface area contributed by atoms with Gasteiger partial charge < -0.3 is 10.2 Å². The number of para-hydroxylation sites is 1.